The van der Waals surface area contributed by atoms with Crippen molar-refractivity contribution in [2.24, 2.45) is 0 Å². The Balaban J connectivity index is 1.47. The first-order valence-corrected chi connectivity index (χ1v) is 9.76. The zero-order chi connectivity index (χ0) is 22.9. The fraction of sp³-hybridized carbons (Fsp3) is 0.0870. The number of nitrogens with one attached hydrogen (secondary N) is 1. The second kappa shape index (κ2) is 8.47. The molecule has 0 unspecified atom stereocenters. The van der Waals surface area contributed by atoms with E-state index in [2.05, 4.69) is 15.3 Å². The number of rotatable bonds is 4. The van der Waals surface area contributed by atoms with Gasteiger partial charge in [0.1, 0.15) is 11.5 Å². The minimum Gasteiger partial charge on any atom is -0.457 e. The molecule has 0 aliphatic carbocycles. The van der Waals surface area contributed by atoms with Crippen LogP contribution in [-0.4, -0.2) is 15.9 Å². The average molecular weight is 458 g/mol. The number of benzene rings is 3. The van der Waals surface area contributed by atoms with Gasteiger partial charge in [0, 0.05) is 23.5 Å². The van der Waals surface area contributed by atoms with E-state index in [-0.39, 0.29) is 5.56 Å². The van der Waals surface area contributed by atoms with Crippen molar-refractivity contribution in [3.8, 4) is 11.5 Å². The molecule has 5 nitrogen and oxygen atoms in total. The van der Waals surface area contributed by atoms with Crippen LogP contribution < -0.4 is 10.1 Å². The Morgan fingerprint density at radius 3 is 2.41 bits per heavy atom. The van der Waals surface area contributed by atoms with Gasteiger partial charge >= 0.3 is 6.18 Å². The van der Waals surface area contributed by atoms with Crippen molar-refractivity contribution in [2.45, 2.75) is 13.1 Å². The maximum Gasteiger partial charge on any atom is 0.417 e. The van der Waals surface area contributed by atoms with E-state index in [0.717, 1.165) is 23.3 Å². The van der Waals surface area contributed by atoms with Gasteiger partial charge in [-0.15, -0.1) is 0 Å². The van der Waals surface area contributed by atoms with Gasteiger partial charge in [0.25, 0.3) is 5.91 Å². The molecule has 3 aromatic carbocycles. The first kappa shape index (κ1) is 21.6. The smallest absolute Gasteiger partial charge is 0.417 e. The van der Waals surface area contributed by atoms with Crippen molar-refractivity contribution in [3.63, 3.8) is 0 Å². The first-order valence-electron chi connectivity index (χ1n) is 9.38. The predicted octanol–water partition coefficient (Wildman–Crippen LogP) is 6.66. The predicted molar refractivity (Wildman–Crippen MR) is 115 cm³/mol. The van der Waals surface area contributed by atoms with Crippen LogP contribution in [0.1, 0.15) is 21.6 Å². The van der Waals surface area contributed by atoms with Gasteiger partial charge < -0.3 is 10.1 Å². The Bertz CT molecular complexity index is 1310. The number of aryl methyl sites for hydroxylation is 1. The molecule has 0 saturated carbocycles. The molecule has 162 valence electrons. The Labute approximate surface area is 185 Å². The molecule has 0 aliphatic heterocycles. The molecule has 0 aliphatic rings. The van der Waals surface area contributed by atoms with E-state index in [9.17, 15) is 18.0 Å². The van der Waals surface area contributed by atoms with E-state index >= 15 is 0 Å². The molecule has 0 fully saturated rings. The van der Waals surface area contributed by atoms with Crippen LogP contribution in [0.5, 0.6) is 11.5 Å². The number of carbonyl (C=O) groups is 1. The lowest BCUT2D eigenvalue weighted by atomic mass is 10.1. The lowest BCUT2D eigenvalue weighted by Crippen LogP contribution is -2.14. The summed E-state index contributed by atoms with van der Waals surface area (Å²) in [6.45, 7) is 1.85. The van der Waals surface area contributed by atoms with E-state index in [1.807, 2.05) is 6.92 Å². The second-order valence-electron chi connectivity index (χ2n) is 6.93. The molecule has 0 atom stereocenters. The van der Waals surface area contributed by atoms with Crippen LogP contribution in [0.25, 0.3) is 11.0 Å². The van der Waals surface area contributed by atoms with Gasteiger partial charge in [-0.2, -0.15) is 13.2 Å². The van der Waals surface area contributed by atoms with Crippen LogP contribution in [0.15, 0.2) is 66.9 Å². The lowest BCUT2D eigenvalue weighted by Gasteiger charge is -2.12. The molecule has 0 spiro atoms. The van der Waals surface area contributed by atoms with Crippen LogP contribution in [0, 0.1) is 6.92 Å². The molecule has 9 heteroatoms. The van der Waals surface area contributed by atoms with E-state index in [1.54, 1.807) is 48.7 Å². The number of fused-ring (bicyclic) bond motifs is 1. The standard InChI is InChI=1S/C23H15ClF3N3O2/c1-13-12-28-20-9-7-17(11-21(20)29-13)32-16-5-3-15(4-6-16)30-22(31)14-2-8-19(24)18(10-14)23(25,26)27/h2-12H,1H3,(H,30,31). The molecule has 1 amide bonds. The number of ether oxygens (including phenoxy) is 1. The maximum atomic E-state index is 13.0. The van der Waals surface area contributed by atoms with Crippen molar-refractivity contribution in [1.29, 1.82) is 0 Å². The topological polar surface area (TPSA) is 64.1 Å². The Morgan fingerprint density at radius 1 is 0.969 bits per heavy atom. The fourth-order valence-electron chi connectivity index (χ4n) is 2.98. The molecule has 1 aromatic heterocycles. The summed E-state index contributed by atoms with van der Waals surface area (Å²) < 4.78 is 44.8. The van der Waals surface area contributed by atoms with Crippen molar-refractivity contribution in [3.05, 3.63) is 88.7 Å². The molecule has 0 saturated heterocycles. The van der Waals surface area contributed by atoms with Crippen molar-refractivity contribution >= 4 is 34.2 Å². The minimum atomic E-state index is -4.65. The van der Waals surface area contributed by atoms with Gasteiger partial charge in [-0.25, -0.2) is 4.98 Å². The number of halogens is 4. The zero-order valence-electron chi connectivity index (χ0n) is 16.6. The van der Waals surface area contributed by atoms with Gasteiger partial charge in [0.05, 0.1) is 27.3 Å². The van der Waals surface area contributed by atoms with Gasteiger partial charge in [-0.1, -0.05) is 11.6 Å². The number of amides is 1. The van der Waals surface area contributed by atoms with Crippen molar-refractivity contribution in [2.75, 3.05) is 5.32 Å². The summed E-state index contributed by atoms with van der Waals surface area (Å²) in [7, 11) is 0. The molecule has 4 aromatic rings. The highest BCUT2D eigenvalue weighted by molar-refractivity contribution is 6.31. The minimum absolute atomic E-state index is 0.158. The fourth-order valence-corrected chi connectivity index (χ4v) is 3.20. The highest BCUT2D eigenvalue weighted by Gasteiger charge is 2.33. The number of hydrogen-bond acceptors (Lipinski definition) is 4. The average Bonchev–Trinajstić information content (AvgIpc) is 2.74. The highest BCUT2D eigenvalue weighted by atomic mass is 35.5. The first-order chi connectivity index (χ1) is 15.2. The van der Waals surface area contributed by atoms with Crippen LogP contribution in [0.4, 0.5) is 18.9 Å². The summed E-state index contributed by atoms with van der Waals surface area (Å²) in [6.07, 6.45) is -2.97. The molecule has 1 N–H and O–H groups in total. The number of hydrogen-bond donors (Lipinski definition) is 1. The molecule has 4 rings (SSSR count). The number of aromatic nitrogens is 2. The summed E-state index contributed by atoms with van der Waals surface area (Å²) >= 11 is 5.60. The zero-order valence-corrected chi connectivity index (χ0v) is 17.3. The number of anilines is 1. The normalized spacial score (nSPS) is 11.4. The van der Waals surface area contributed by atoms with E-state index in [0.29, 0.717) is 22.7 Å². The summed E-state index contributed by atoms with van der Waals surface area (Å²) in [5, 5.41) is 2.09. The highest BCUT2D eigenvalue weighted by Crippen LogP contribution is 2.35. The summed E-state index contributed by atoms with van der Waals surface area (Å²) in [5.41, 5.74) is 1.41. The third-order valence-electron chi connectivity index (χ3n) is 4.52. The summed E-state index contributed by atoms with van der Waals surface area (Å²) in [5.74, 6) is 0.383. The Hall–Kier alpha value is -3.65. The van der Waals surface area contributed by atoms with Crippen LogP contribution in [-0.2, 0) is 6.18 Å². The van der Waals surface area contributed by atoms with E-state index in [4.69, 9.17) is 16.3 Å². The van der Waals surface area contributed by atoms with Crippen molar-refractivity contribution in [1.82, 2.24) is 9.97 Å². The van der Waals surface area contributed by atoms with Gasteiger partial charge in [-0.3, -0.25) is 9.78 Å². The molecule has 32 heavy (non-hydrogen) atoms. The number of alkyl halides is 3. The quantitative estimate of drug-likeness (QED) is 0.372. The molecule has 0 bridgehead atoms. The van der Waals surface area contributed by atoms with Gasteiger partial charge in [-0.05, 0) is 61.5 Å². The van der Waals surface area contributed by atoms with E-state index in [1.165, 1.54) is 6.07 Å². The van der Waals surface area contributed by atoms with Crippen LogP contribution >= 0.6 is 11.6 Å². The Morgan fingerprint density at radius 2 is 1.69 bits per heavy atom. The molecular formula is C23H15ClF3N3O2. The van der Waals surface area contributed by atoms with Gasteiger partial charge in [0.15, 0.2) is 0 Å². The van der Waals surface area contributed by atoms with Crippen LogP contribution in [0.3, 0.4) is 0 Å². The number of carbonyl (C=O) groups excluding carboxylic acids is 1. The summed E-state index contributed by atoms with van der Waals surface area (Å²) in [6, 6.07) is 14.8. The lowest BCUT2D eigenvalue weighted by molar-refractivity contribution is -0.137. The second-order valence-corrected chi connectivity index (χ2v) is 7.34. The van der Waals surface area contributed by atoms with Gasteiger partial charge in [0.2, 0.25) is 0 Å². The van der Waals surface area contributed by atoms with Crippen molar-refractivity contribution < 1.29 is 22.7 Å². The van der Waals surface area contributed by atoms with Crippen LogP contribution in [0.2, 0.25) is 5.02 Å². The molecular weight excluding hydrogens is 443 g/mol. The third kappa shape index (κ3) is 4.81. The summed E-state index contributed by atoms with van der Waals surface area (Å²) in [4.78, 5) is 21.1. The third-order valence-corrected chi connectivity index (χ3v) is 4.85. The number of nitrogens with zero attached hydrogens (tertiary/aromatic N) is 2. The monoisotopic (exact) mass is 457 g/mol. The largest absolute Gasteiger partial charge is 0.457 e. The molecule has 0 radical (unpaired) electrons. The van der Waals surface area contributed by atoms with E-state index < -0.39 is 22.7 Å². The molecule has 1 heterocycles. The SMILES string of the molecule is Cc1cnc2ccc(Oc3ccc(NC(=O)c4ccc(Cl)c(C(F)(F)F)c4)cc3)cc2n1. The maximum absolute atomic E-state index is 13.0. The Kier molecular flexibility index (Phi) is 5.71.